The number of rotatable bonds is 1. The monoisotopic (exact) mass is 321 g/mol. The second-order valence-electron chi connectivity index (χ2n) is 3.67. The van der Waals surface area contributed by atoms with Crippen LogP contribution in [0.15, 0.2) is 18.2 Å². The van der Waals surface area contributed by atoms with Crippen LogP contribution in [0.1, 0.15) is 30.9 Å². The van der Waals surface area contributed by atoms with Crippen LogP contribution in [0.2, 0.25) is 5.02 Å². The van der Waals surface area contributed by atoms with E-state index >= 15 is 0 Å². The van der Waals surface area contributed by atoms with Crippen molar-refractivity contribution >= 4 is 34.2 Å². The highest BCUT2D eigenvalue weighted by Crippen LogP contribution is 2.28. The summed E-state index contributed by atoms with van der Waals surface area (Å²) in [6.07, 6.45) is 3.85. The number of hydrogen-bond acceptors (Lipinski definition) is 1. The molecule has 0 aliphatic carbocycles. The number of halogens is 2. The van der Waals surface area contributed by atoms with Gasteiger partial charge in [0.25, 0.3) is 0 Å². The van der Waals surface area contributed by atoms with Crippen LogP contribution in [-0.4, -0.2) is 6.54 Å². The maximum Gasteiger partial charge on any atom is 0.0410 e. The lowest BCUT2D eigenvalue weighted by Gasteiger charge is -2.24. The number of benzene rings is 1. The van der Waals surface area contributed by atoms with Crippen LogP contribution >= 0.6 is 34.2 Å². The lowest BCUT2D eigenvalue weighted by atomic mass is 9.98. The second-order valence-corrected chi connectivity index (χ2v) is 5.27. The highest BCUT2D eigenvalue weighted by Gasteiger charge is 2.16. The predicted molar refractivity (Wildman–Crippen MR) is 68.8 cm³/mol. The van der Waals surface area contributed by atoms with Gasteiger partial charge in [-0.05, 0) is 65.7 Å². The molecule has 1 saturated heterocycles. The molecule has 76 valence electrons. The van der Waals surface area contributed by atoms with Crippen molar-refractivity contribution in [2.24, 2.45) is 0 Å². The van der Waals surface area contributed by atoms with Crippen molar-refractivity contribution in [1.29, 1.82) is 0 Å². The fraction of sp³-hybridized carbons (Fsp3) is 0.455. The van der Waals surface area contributed by atoms with E-state index in [1.807, 2.05) is 6.07 Å². The second kappa shape index (κ2) is 4.81. The molecule has 0 amide bonds. The van der Waals surface area contributed by atoms with Gasteiger partial charge in [-0.25, -0.2) is 0 Å². The molecule has 0 spiro atoms. The fourth-order valence-corrected chi connectivity index (χ4v) is 2.79. The molecule has 0 aromatic heterocycles. The molecule has 1 fully saturated rings. The number of nitrogens with one attached hydrogen (secondary N) is 1. The maximum absolute atomic E-state index is 6.00. The Morgan fingerprint density at radius 2 is 2.21 bits per heavy atom. The zero-order chi connectivity index (χ0) is 9.97. The Bertz CT molecular complexity index is 321. The Hall–Kier alpha value is 0.200. The van der Waals surface area contributed by atoms with Crippen LogP contribution < -0.4 is 5.32 Å². The van der Waals surface area contributed by atoms with Gasteiger partial charge in [0, 0.05) is 14.6 Å². The Kier molecular flexibility index (Phi) is 3.68. The Labute approximate surface area is 103 Å². The van der Waals surface area contributed by atoms with Crippen LogP contribution in [0, 0.1) is 3.57 Å². The molecule has 0 bridgehead atoms. The van der Waals surface area contributed by atoms with E-state index in [0.29, 0.717) is 6.04 Å². The summed E-state index contributed by atoms with van der Waals surface area (Å²) in [4.78, 5) is 0. The molecule has 0 unspecified atom stereocenters. The van der Waals surface area contributed by atoms with Gasteiger partial charge < -0.3 is 5.32 Å². The highest BCUT2D eigenvalue weighted by molar-refractivity contribution is 14.1. The molecule has 1 aliphatic rings. The fourth-order valence-electron chi connectivity index (χ4n) is 1.90. The number of piperidine rings is 1. The van der Waals surface area contributed by atoms with E-state index in [0.717, 1.165) is 11.6 Å². The van der Waals surface area contributed by atoms with Gasteiger partial charge in [-0.1, -0.05) is 18.0 Å². The zero-order valence-electron chi connectivity index (χ0n) is 7.89. The van der Waals surface area contributed by atoms with Gasteiger partial charge in [0.05, 0.1) is 0 Å². The highest BCUT2D eigenvalue weighted by atomic mass is 127. The topological polar surface area (TPSA) is 12.0 Å². The Morgan fingerprint density at radius 1 is 1.36 bits per heavy atom. The lowest BCUT2D eigenvalue weighted by molar-refractivity contribution is 0.411. The molecule has 1 aromatic carbocycles. The van der Waals surface area contributed by atoms with E-state index in [4.69, 9.17) is 11.6 Å². The van der Waals surface area contributed by atoms with Crippen LogP contribution in [-0.2, 0) is 0 Å². The summed E-state index contributed by atoms with van der Waals surface area (Å²) in [5, 5.41) is 4.38. The molecule has 14 heavy (non-hydrogen) atoms. The zero-order valence-corrected chi connectivity index (χ0v) is 10.8. The minimum Gasteiger partial charge on any atom is -0.310 e. The molecule has 0 saturated carbocycles. The standard InChI is InChI=1S/C11H13ClIN/c12-8-4-5-10(13)9(7-8)11-3-1-2-6-14-11/h4-5,7,11,14H,1-3,6H2/t11-/m1/s1. The third kappa shape index (κ3) is 2.41. The maximum atomic E-state index is 6.00. The molecule has 1 N–H and O–H groups in total. The average molecular weight is 322 g/mol. The molecule has 1 aromatic rings. The van der Waals surface area contributed by atoms with E-state index in [-0.39, 0.29) is 0 Å². The van der Waals surface area contributed by atoms with Gasteiger partial charge in [-0.15, -0.1) is 0 Å². The first-order chi connectivity index (χ1) is 6.77. The van der Waals surface area contributed by atoms with Crippen LogP contribution in [0.25, 0.3) is 0 Å². The van der Waals surface area contributed by atoms with Crippen molar-refractivity contribution in [3.63, 3.8) is 0 Å². The molecule has 0 radical (unpaired) electrons. The van der Waals surface area contributed by atoms with Gasteiger partial charge in [0.2, 0.25) is 0 Å². The predicted octanol–water partition coefficient (Wildman–Crippen LogP) is 3.76. The molecule has 1 nitrogen and oxygen atoms in total. The number of hydrogen-bond donors (Lipinski definition) is 1. The van der Waals surface area contributed by atoms with Crippen molar-refractivity contribution in [3.8, 4) is 0 Å². The van der Waals surface area contributed by atoms with Gasteiger partial charge in [-0.2, -0.15) is 0 Å². The van der Waals surface area contributed by atoms with Crippen LogP contribution in [0.4, 0.5) is 0 Å². The quantitative estimate of drug-likeness (QED) is 0.777. The minimum absolute atomic E-state index is 0.509. The van der Waals surface area contributed by atoms with Crippen LogP contribution in [0.3, 0.4) is 0 Å². The van der Waals surface area contributed by atoms with Gasteiger partial charge in [-0.3, -0.25) is 0 Å². The molecule has 1 atom stereocenters. The molecule has 3 heteroatoms. The molecular weight excluding hydrogens is 308 g/mol. The third-order valence-corrected chi connectivity index (χ3v) is 3.86. The summed E-state index contributed by atoms with van der Waals surface area (Å²) in [6.45, 7) is 1.13. The molecule has 2 rings (SSSR count). The van der Waals surface area contributed by atoms with E-state index in [9.17, 15) is 0 Å². The minimum atomic E-state index is 0.509. The smallest absolute Gasteiger partial charge is 0.0410 e. The van der Waals surface area contributed by atoms with Crippen LogP contribution in [0.5, 0.6) is 0 Å². The first-order valence-corrected chi connectivity index (χ1v) is 6.41. The van der Waals surface area contributed by atoms with E-state index in [1.165, 1.54) is 28.4 Å². The molecule has 1 aliphatic heterocycles. The SMILES string of the molecule is Clc1ccc(I)c([C@H]2CCCCN2)c1. The van der Waals surface area contributed by atoms with Crippen molar-refractivity contribution in [2.75, 3.05) is 6.54 Å². The molecule has 1 heterocycles. The molecular formula is C11H13ClIN. The first-order valence-electron chi connectivity index (χ1n) is 4.96. The third-order valence-electron chi connectivity index (χ3n) is 2.64. The summed E-state index contributed by atoms with van der Waals surface area (Å²) in [5.74, 6) is 0. The van der Waals surface area contributed by atoms with Gasteiger partial charge >= 0.3 is 0 Å². The van der Waals surface area contributed by atoms with Gasteiger partial charge in [0.15, 0.2) is 0 Å². The van der Waals surface area contributed by atoms with Crippen molar-refractivity contribution in [1.82, 2.24) is 5.32 Å². The largest absolute Gasteiger partial charge is 0.310 e. The first kappa shape index (κ1) is 10.7. The van der Waals surface area contributed by atoms with E-state index < -0.39 is 0 Å². The lowest BCUT2D eigenvalue weighted by Crippen LogP contribution is -2.27. The van der Waals surface area contributed by atoms with Crippen molar-refractivity contribution in [3.05, 3.63) is 32.4 Å². The summed E-state index contributed by atoms with van der Waals surface area (Å²) in [7, 11) is 0. The Balaban J connectivity index is 2.24. The summed E-state index contributed by atoms with van der Waals surface area (Å²) in [6, 6.07) is 6.64. The Morgan fingerprint density at radius 3 is 2.93 bits per heavy atom. The summed E-state index contributed by atoms with van der Waals surface area (Å²) < 4.78 is 1.31. The van der Waals surface area contributed by atoms with Crippen molar-refractivity contribution in [2.45, 2.75) is 25.3 Å². The van der Waals surface area contributed by atoms with Crippen molar-refractivity contribution < 1.29 is 0 Å². The van der Waals surface area contributed by atoms with E-state index in [1.54, 1.807) is 0 Å². The summed E-state index contributed by atoms with van der Waals surface area (Å²) >= 11 is 8.39. The van der Waals surface area contributed by atoms with E-state index in [2.05, 4.69) is 40.0 Å². The average Bonchev–Trinajstić information content (AvgIpc) is 2.23. The normalized spacial score (nSPS) is 22.3. The summed E-state index contributed by atoms with van der Waals surface area (Å²) in [5.41, 5.74) is 1.36. The van der Waals surface area contributed by atoms with Gasteiger partial charge in [0.1, 0.15) is 0 Å².